The molecule has 3 nitrogen and oxygen atoms in total. The van der Waals surface area contributed by atoms with Crippen molar-refractivity contribution in [2.45, 2.75) is 83.4 Å². The van der Waals surface area contributed by atoms with E-state index in [1.54, 1.807) is 0 Å². The van der Waals surface area contributed by atoms with Crippen LogP contribution in [0.15, 0.2) is 0 Å². The summed E-state index contributed by atoms with van der Waals surface area (Å²) < 4.78 is 5.76. The third-order valence-electron chi connectivity index (χ3n) is 3.55. The molecular formula is C14H26N2O. The first-order chi connectivity index (χ1) is 7.97. The maximum atomic E-state index is 8.21. The van der Waals surface area contributed by atoms with E-state index in [4.69, 9.17) is 10.1 Å². The lowest BCUT2D eigenvalue weighted by Gasteiger charge is -2.37. The molecule has 2 saturated carbocycles. The Bertz CT molecular complexity index is 272. The molecule has 0 atom stereocenters. The maximum absolute atomic E-state index is 8.21. The quantitative estimate of drug-likeness (QED) is 0.590. The Morgan fingerprint density at radius 2 is 1.53 bits per heavy atom. The van der Waals surface area contributed by atoms with Gasteiger partial charge in [-0.1, -0.05) is 19.3 Å². The molecule has 0 aromatic rings. The van der Waals surface area contributed by atoms with E-state index in [2.05, 4.69) is 4.90 Å². The summed E-state index contributed by atoms with van der Waals surface area (Å²) in [6, 6.07) is 1.56. The van der Waals surface area contributed by atoms with E-state index in [0.717, 1.165) is 0 Å². The number of hydrogen-bond acceptors (Lipinski definition) is 2. The smallest absolute Gasteiger partial charge is 0.285 e. The molecule has 1 N–H and O–H groups in total. The first-order valence-corrected chi connectivity index (χ1v) is 7.03. The van der Waals surface area contributed by atoms with Gasteiger partial charge in [0, 0.05) is 12.1 Å². The molecule has 2 aliphatic carbocycles. The molecule has 0 aliphatic heterocycles. The van der Waals surface area contributed by atoms with Crippen molar-refractivity contribution in [3.05, 3.63) is 0 Å². The zero-order valence-corrected chi connectivity index (χ0v) is 11.5. The summed E-state index contributed by atoms with van der Waals surface area (Å²) >= 11 is 0. The maximum Gasteiger partial charge on any atom is 0.285 e. The number of ether oxygens (including phenoxy) is 1. The van der Waals surface area contributed by atoms with E-state index in [-0.39, 0.29) is 5.60 Å². The molecule has 0 unspecified atom stereocenters. The third kappa shape index (κ3) is 3.62. The Labute approximate surface area is 105 Å². The predicted molar refractivity (Wildman–Crippen MR) is 70.3 cm³/mol. The molecule has 0 aromatic heterocycles. The summed E-state index contributed by atoms with van der Waals surface area (Å²) in [5, 5.41) is 8.21. The number of hydrogen-bond donors (Lipinski definition) is 1. The van der Waals surface area contributed by atoms with Crippen molar-refractivity contribution in [2.75, 3.05) is 0 Å². The van der Waals surface area contributed by atoms with Gasteiger partial charge >= 0.3 is 0 Å². The molecule has 0 saturated heterocycles. The van der Waals surface area contributed by atoms with Crippen molar-refractivity contribution in [2.24, 2.45) is 0 Å². The van der Waals surface area contributed by atoms with Gasteiger partial charge < -0.3 is 9.64 Å². The summed E-state index contributed by atoms with van der Waals surface area (Å²) in [6.45, 7) is 6.06. The van der Waals surface area contributed by atoms with Crippen molar-refractivity contribution in [3.8, 4) is 0 Å². The second-order valence-corrected chi connectivity index (χ2v) is 6.45. The summed E-state index contributed by atoms with van der Waals surface area (Å²) in [5.74, 6) is 0. The summed E-state index contributed by atoms with van der Waals surface area (Å²) in [4.78, 5) is 2.27. The Morgan fingerprint density at radius 1 is 1.00 bits per heavy atom. The molecule has 2 rings (SSSR count). The van der Waals surface area contributed by atoms with Crippen LogP contribution in [0.4, 0.5) is 0 Å². The van der Waals surface area contributed by atoms with Crippen molar-refractivity contribution < 1.29 is 4.74 Å². The highest BCUT2D eigenvalue weighted by atomic mass is 16.5. The van der Waals surface area contributed by atoms with Gasteiger partial charge in [0.2, 0.25) is 0 Å². The van der Waals surface area contributed by atoms with Gasteiger partial charge in [-0.05, 0) is 46.5 Å². The summed E-state index contributed by atoms with van der Waals surface area (Å²) in [6.07, 6.45) is 8.97. The molecule has 0 bridgehead atoms. The van der Waals surface area contributed by atoms with Crippen LogP contribution in [-0.4, -0.2) is 28.6 Å². The lowest BCUT2D eigenvalue weighted by molar-refractivity contribution is 0.0679. The molecule has 0 radical (unpaired) electrons. The number of rotatable bonds is 2. The standard InChI is InChI=1S/C14H26N2O/c1-14(2,3)17-13(15)16(12-9-10-12)11-7-5-4-6-8-11/h11-12,15H,4-10H2,1-3H3. The largest absolute Gasteiger partial charge is 0.460 e. The normalized spacial score (nSPS) is 22.3. The molecule has 0 heterocycles. The average Bonchev–Trinajstić information content (AvgIpc) is 3.01. The molecule has 2 fully saturated rings. The monoisotopic (exact) mass is 238 g/mol. The van der Waals surface area contributed by atoms with E-state index in [9.17, 15) is 0 Å². The molecule has 98 valence electrons. The van der Waals surface area contributed by atoms with E-state index >= 15 is 0 Å². The fraction of sp³-hybridized carbons (Fsp3) is 0.929. The van der Waals surface area contributed by atoms with E-state index in [0.29, 0.717) is 18.1 Å². The van der Waals surface area contributed by atoms with Crippen molar-refractivity contribution in [1.29, 1.82) is 5.41 Å². The summed E-state index contributed by atoms with van der Waals surface area (Å²) in [7, 11) is 0. The van der Waals surface area contributed by atoms with Crippen LogP contribution in [0.5, 0.6) is 0 Å². The average molecular weight is 238 g/mol. The van der Waals surface area contributed by atoms with Crippen LogP contribution in [0.25, 0.3) is 0 Å². The van der Waals surface area contributed by atoms with Gasteiger partial charge in [-0.2, -0.15) is 0 Å². The minimum absolute atomic E-state index is 0.251. The van der Waals surface area contributed by atoms with Crippen LogP contribution in [0.3, 0.4) is 0 Å². The van der Waals surface area contributed by atoms with Gasteiger partial charge in [0.25, 0.3) is 6.02 Å². The fourth-order valence-corrected chi connectivity index (χ4v) is 2.68. The van der Waals surface area contributed by atoms with E-state index in [1.165, 1.54) is 44.9 Å². The second-order valence-electron chi connectivity index (χ2n) is 6.45. The van der Waals surface area contributed by atoms with Gasteiger partial charge in [0.1, 0.15) is 5.60 Å². The molecule has 0 aromatic carbocycles. The van der Waals surface area contributed by atoms with Gasteiger partial charge in [0.05, 0.1) is 0 Å². The fourth-order valence-electron chi connectivity index (χ4n) is 2.68. The number of nitrogens with zero attached hydrogens (tertiary/aromatic N) is 1. The first-order valence-electron chi connectivity index (χ1n) is 7.03. The topological polar surface area (TPSA) is 36.3 Å². The highest BCUT2D eigenvalue weighted by molar-refractivity contribution is 5.72. The highest BCUT2D eigenvalue weighted by Crippen LogP contribution is 2.34. The van der Waals surface area contributed by atoms with Crippen LogP contribution >= 0.6 is 0 Å². The Hall–Kier alpha value is -0.730. The zero-order valence-electron chi connectivity index (χ0n) is 11.5. The van der Waals surface area contributed by atoms with Gasteiger partial charge in [0.15, 0.2) is 0 Å². The minimum atomic E-state index is -0.251. The first kappa shape index (κ1) is 12.7. The van der Waals surface area contributed by atoms with Crippen molar-refractivity contribution in [1.82, 2.24) is 4.90 Å². The Morgan fingerprint density at radius 3 is 2.00 bits per heavy atom. The van der Waals surface area contributed by atoms with Gasteiger partial charge in [-0.25, -0.2) is 0 Å². The molecule has 2 aliphatic rings. The molecule has 17 heavy (non-hydrogen) atoms. The number of amidine groups is 1. The van der Waals surface area contributed by atoms with Gasteiger partial charge in [-0.3, -0.25) is 5.41 Å². The zero-order chi connectivity index (χ0) is 12.5. The van der Waals surface area contributed by atoms with Crippen molar-refractivity contribution in [3.63, 3.8) is 0 Å². The molecular weight excluding hydrogens is 212 g/mol. The SMILES string of the molecule is CC(C)(C)OC(=N)N(C1CCCCC1)C1CC1. The minimum Gasteiger partial charge on any atom is -0.460 e. The highest BCUT2D eigenvalue weighted by Gasteiger charge is 2.38. The predicted octanol–water partition coefficient (Wildman–Crippen LogP) is 3.53. The molecule has 0 amide bonds. The molecule has 0 spiro atoms. The van der Waals surface area contributed by atoms with Crippen LogP contribution in [-0.2, 0) is 4.74 Å². The Balaban J connectivity index is 1.98. The van der Waals surface area contributed by atoms with E-state index in [1.807, 2.05) is 20.8 Å². The van der Waals surface area contributed by atoms with Crippen molar-refractivity contribution >= 4 is 6.02 Å². The van der Waals surface area contributed by atoms with Crippen LogP contribution < -0.4 is 0 Å². The van der Waals surface area contributed by atoms with Crippen LogP contribution in [0.2, 0.25) is 0 Å². The third-order valence-corrected chi connectivity index (χ3v) is 3.55. The number of nitrogens with one attached hydrogen (secondary N) is 1. The van der Waals surface area contributed by atoms with Gasteiger partial charge in [-0.15, -0.1) is 0 Å². The van der Waals surface area contributed by atoms with Crippen LogP contribution in [0, 0.1) is 5.41 Å². The Kier molecular flexibility index (Phi) is 3.64. The summed E-state index contributed by atoms with van der Waals surface area (Å²) in [5.41, 5.74) is -0.251. The van der Waals surface area contributed by atoms with E-state index < -0.39 is 0 Å². The lowest BCUT2D eigenvalue weighted by atomic mass is 9.94. The second kappa shape index (κ2) is 4.87. The van der Waals surface area contributed by atoms with Crippen LogP contribution in [0.1, 0.15) is 65.7 Å². The molecule has 3 heteroatoms. The lowest BCUT2D eigenvalue weighted by Crippen LogP contribution is -2.46.